The molecule has 0 radical (unpaired) electrons. The number of hydrogen-bond donors (Lipinski definition) is 1. The molecule has 3 heteroatoms. The Morgan fingerprint density at radius 2 is 1.66 bits per heavy atom. The second-order valence-corrected chi connectivity index (χ2v) is 8.62. The van der Waals surface area contributed by atoms with E-state index in [2.05, 4.69) is 54.8 Å². The van der Waals surface area contributed by atoms with Gasteiger partial charge in [-0.2, -0.15) is 0 Å². The second kappa shape index (κ2) is 8.44. The van der Waals surface area contributed by atoms with Gasteiger partial charge in [0.2, 0.25) is 0 Å². The third-order valence-corrected chi connectivity index (χ3v) is 6.86. The number of aliphatic carboxylic acids is 1. The maximum absolute atomic E-state index is 12.1. The molecule has 29 heavy (non-hydrogen) atoms. The van der Waals surface area contributed by atoms with Crippen LogP contribution in [0.25, 0.3) is 10.9 Å². The van der Waals surface area contributed by atoms with Crippen LogP contribution in [0.1, 0.15) is 66.8 Å². The van der Waals surface area contributed by atoms with Crippen molar-refractivity contribution in [3.8, 4) is 0 Å². The van der Waals surface area contributed by atoms with E-state index in [0.29, 0.717) is 0 Å². The Hall–Kier alpha value is -2.55. The lowest BCUT2D eigenvalue weighted by Crippen LogP contribution is -2.21. The summed E-state index contributed by atoms with van der Waals surface area (Å²) in [5.74, 6) is -0.787. The molecule has 1 atom stereocenters. The highest BCUT2D eigenvalue weighted by molar-refractivity contribution is 5.85. The van der Waals surface area contributed by atoms with Crippen molar-refractivity contribution in [3.05, 3.63) is 70.9 Å². The highest BCUT2D eigenvalue weighted by Crippen LogP contribution is 2.36. The van der Waals surface area contributed by atoms with Crippen LogP contribution >= 0.6 is 0 Å². The van der Waals surface area contributed by atoms with Crippen molar-refractivity contribution < 1.29 is 9.90 Å². The molecular weight excluding hydrogens is 358 g/mol. The molecule has 1 heterocycles. The lowest BCUT2D eigenvalue weighted by Gasteiger charge is -2.23. The molecule has 1 aromatic heterocycles. The first kappa shape index (κ1) is 19.8. The van der Waals surface area contributed by atoms with E-state index in [9.17, 15) is 9.90 Å². The van der Waals surface area contributed by atoms with Crippen molar-refractivity contribution in [1.29, 1.82) is 0 Å². The monoisotopic (exact) mass is 389 g/mol. The molecule has 1 saturated carbocycles. The van der Waals surface area contributed by atoms with Gasteiger partial charge >= 0.3 is 5.97 Å². The average Bonchev–Trinajstić information content (AvgIpc) is 2.90. The molecule has 0 bridgehead atoms. The quantitative estimate of drug-likeness (QED) is 0.510. The Morgan fingerprint density at radius 3 is 2.31 bits per heavy atom. The molecule has 0 aliphatic heterocycles. The normalized spacial score (nSPS) is 16.6. The van der Waals surface area contributed by atoms with Gasteiger partial charge < -0.3 is 9.67 Å². The molecular formula is C26H31NO2. The minimum Gasteiger partial charge on any atom is -0.481 e. The zero-order valence-corrected chi connectivity index (χ0v) is 17.5. The minimum absolute atomic E-state index is 0.263. The van der Waals surface area contributed by atoms with Crippen LogP contribution < -0.4 is 0 Å². The number of carboxylic acid groups (broad SMARTS) is 1. The Kier molecular flexibility index (Phi) is 5.75. The van der Waals surface area contributed by atoms with Crippen molar-refractivity contribution in [2.45, 2.75) is 64.8 Å². The maximum atomic E-state index is 12.1. The van der Waals surface area contributed by atoms with Crippen molar-refractivity contribution in [2.24, 2.45) is 5.92 Å². The number of aryl methyl sites for hydroxylation is 1. The Labute approximate surface area is 173 Å². The fourth-order valence-electron chi connectivity index (χ4n) is 5.08. The number of carbonyl (C=O) groups is 1. The zero-order chi connectivity index (χ0) is 20.4. The van der Waals surface area contributed by atoms with Crippen LogP contribution in [0.3, 0.4) is 0 Å². The van der Waals surface area contributed by atoms with E-state index in [1.807, 2.05) is 12.1 Å². The number of hydrogen-bond acceptors (Lipinski definition) is 1. The van der Waals surface area contributed by atoms with Gasteiger partial charge in [0, 0.05) is 23.1 Å². The predicted octanol–water partition coefficient (Wildman–Crippen LogP) is 6.45. The van der Waals surface area contributed by atoms with E-state index in [4.69, 9.17) is 0 Å². The number of aromatic nitrogens is 1. The van der Waals surface area contributed by atoms with E-state index >= 15 is 0 Å². The number of rotatable bonds is 5. The van der Waals surface area contributed by atoms with Gasteiger partial charge in [-0.25, -0.2) is 0 Å². The number of carboxylic acids is 1. The van der Waals surface area contributed by atoms with Gasteiger partial charge in [-0.3, -0.25) is 4.79 Å². The smallest absolute Gasteiger partial charge is 0.311 e. The van der Waals surface area contributed by atoms with E-state index in [1.165, 1.54) is 40.6 Å². The van der Waals surface area contributed by atoms with Crippen LogP contribution in [0.2, 0.25) is 0 Å². The second-order valence-electron chi connectivity index (χ2n) is 8.62. The van der Waals surface area contributed by atoms with Gasteiger partial charge in [0.25, 0.3) is 0 Å². The first-order chi connectivity index (χ1) is 14.1. The van der Waals surface area contributed by atoms with Crippen LogP contribution in [0.15, 0.2) is 48.5 Å². The van der Waals surface area contributed by atoms with Crippen LogP contribution in [0.5, 0.6) is 0 Å². The highest BCUT2D eigenvalue weighted by Gasteiger charge is 2.30. The molecule has 0 spiro atoms. The summed E-state index contributed by atoms with van der Waals surface area (Å²) in [6.45, 7) is 5.17. The third-order valence-electron chi connectivity index (χ3n) is 6.86. The molecule has 1 fully saturated rings. The number of fused-ring (bicyclic) bond motifs is 1. The van der Waals surface area contributed by atoms with Crippen molar-refractivity contribution >= 4 is 16.9 Å². The molecule has 152 valence electrons. The standard InChI is InChI=1S/C26H31NO2/c1-18-19(2)27(24-12-8-7-11-23(18)24)17-20-13-15-22(16-14-20)25(26(28)29)21-9-5-3-4-6-10-21/h7-8,11-16,21,25H,3-6,9-10,17H2,1-2H3,(H,28,29). The van der Waals surface area contributed by atoms with E-state index in [0.717, 1.165) is 37.8 Å². The van der Waals surface area contributed by atoms with Gasteiger partial charge in [0.1, 0.15) is 0 Å². The fourth-order valence-corrected chi connectivity index (χ4v) is 5.08. The average molecular weight is 390 g/mol. The predicted molar refractivity (Wildman–Crippen MR) is 119 cm³/mol. The van der Waals surface area contributed by atoms with Crippen molar-refractivity contribution in [3.63, 3.8) is 0 Å². The van der Waals surface area contributed by atoms with E-state index in [-0.39, 0.29) is 11.8 Å². The number of nitrogens with zero attached hydrogens (tertiary/aromatic N) is 1. The summed E-state index contributed by atoms with van der Waals surface area (Å²) in [5.41, 5.74) is 6.04. The molecule has 1 aliphatic rings. The summed E-state index contributed by atoms with van der Waals surface area (Å²) in [5, 5.41) is 11.2. The van der Waals surface area contributed by atoms with Crippen LogP contribution in [-0.2, 0) is 11.3 Å². The Bertz CT molecular complexity index is 991. The van der Waals surface area contributed by atoms with Gasteiger partial charge in [0.15, 0.2) is 0 Å². The highest BCUT2D eigenvalue weighted by atomic mass is 16.4. The topological polar surface area (TPSA) is 42.2 Å². The molecule has 1 aliphatic carbocycles. The van der Waals surface area contributed by atoms with Crippen LogP contribution in [0, 0.1) is 19.8 Å². The van der Waals surface area contributed by atoms with Crippen molar-refractivity contribution in [2.75, 3.05) is 0 Å². The minimum atomic E-state index is -0.674. The third kappa shape index (κ3) is 3.96. The lowest BCUT2D eigenvalue weighted by atomic mass is 9.81. The fraction of sp³-hybridized carbons (Fsp3) is 0.423. The van der Waals surface area contributed by atoms with Crippen molar-refractivity contribution in [1.82, 2.24) is 4.57 Å². The summed E-state index contributed by atoms with van der Waals surface area (Å²) in [4.78, 5) is 12.1. The van der Waals surface area contributed by atoms with E-state index in [1.54, 1.807) is 0 Å². The lowest BCUT2D eigenvalue weighted by molar-refractivity contribution is -0.140. The van der Waals surface area contributed by atoms with Gasteiger partial charge in [-0.1, -0.05) is 68.1 Å². The summed E-state index contributed by atoms with van der Waals surface area (Å²) >= 11 is 0. The molecule has 3 nitrogen and oxygen atoms in total. The first-order valence-corrected chi connectivity index (χ1v) is 10.9. The molecule has 0 saturated heterocycles. The summed E-state index contributed by atoms with van der Waals surface area (Å²) < 4.78 is 2.36. The summed E-state index contributed by atoms with van der Waals surface area (Å²) in [7, 11) is 0. The van der Waals surface area contributed by atoms with Gasteiger partial charge in [-0.15, -0.1) is 0 Å². The maximum Gasteiger partial charge on any atom is 0.311 e. The number of para-hydroxylation sites is 1. The summed E-state index contributed by atoms with van der Waals surface area (Å²) in [6.07, 6.45) is 6.87. The Balaban J connectivity index is 1.59. The molecule has 1 unspecified atom stereocenters. The molecule has 0 amide bonds. The zero-order valence-electron chi connectivity index (χ0n) is 17.5. The molecule has 4 rings (SSSR count). The van der Waals surface area contributed by atoms with Gasteiger partial charge in [0.05, 0.1) is 5.92 Å². The van der Waals surface area contributed by atoms with Crippen LogP contribution in [-0.4, -0.2) is 15.6 Å². The first-order valence-electron chi connectivity index (χ1n) is 10.9. The SMILES string of the molecule is Cc1c(C)n(Cc2ccc(C(C(=O)O)C3CCCCCC3)cc2)c2ccccc12. The summed E-state index contributed by atoms with van der Waals surface area (Å²) in [6, 6.07) is 16.9. The van der Waals surface area contributed by atoms with Gasteiger partial charge in [-0.05, 0) is 55.4 Å². The van der Waals surface area contributed by atoms with Crippen LogP contribution in [0.4, 0.5) is 0 Å². The largest absolute Gasteiger partial charge is 0.481 e. The molecule has 2 aromatic carbocycles. The molecule has 3 aromatic rings. The van der Waals surface area contributed by atoms with E-state index < -0.39 is 5.97 Å². The Morgan fingerprint density at radius 1 is 1.00 bits per heavy atom. The number of benzene rings is 2. The molecule has 1 N–H and O–H groups in total.